The first-order valence-electron chi connectivity index (χ1n) is 8.10. The van der Waals surface area contributed by atoms with E-state index in [0.29, 0.717) is 19.0 Å². The van der Waals surface area contributed by atoms with Crippen molar-refractivity contribution in [3.63, 3.8) is 0 Å². The van der Waals surface area contributed by atoms with Crippen molar-refractivity contribution in [3.8, 4) is 5.88 Å². The molecule has 1 atom stereocenters. The van der Waals surface area contributed by atoms with Gasteiger partial charge in [0.2, 0.25) is 11.6 Å². The monoisotopic (exact) mass is 330 g/mol. The summed E-state index contributed by atoms with van der Waals surface area (Å²) in [6.45, 7) is 3.77. The van der Waals surface area contributed by atoms with Crippen LogP contribution in [0.4, 0.5) is 0 Å². The predicted octanol–water partition coefficient (Wildman–Crippen LogP) is 1.55. The van der Waals surface area contributed by atoms with Gasteiger partial charge in [-0.05, 0) is 25.3 Å². The Kier molecular flexibility index (Phi) is 5.10. The van der Waals surface area contributed by atoms with Crippen molar-refractivity contribution >= 4 is 5.91 Å². The number of benzene rings is 1. The highest BCUT2D eigenvalue weighted by Crippen LogP contribution is 2.18. The molecule has 1 saturated heterocycles. The maximum atomic E-state index is 12.3. The van der Waals surface area contributed by atoms with Crippen molar-refractivity contribution in [2.45, 2.75) is 32.4 Å². The number of rotatable bonds is 6. The third-order valence-electron chi connectivity index (χ3n) is 4.07. The van der Waals surface area contributed by atoms with Gasteiger partial charge in [0.15, 0.2) is 0 Å². The lowest BCUT2D eigenvalue weighted by Gasteiger charge is -2.10. The largest absolute Gasteiger partial charge is 0.479 e. The number of aryl methyl sites for hydroxylation is 1. The average Bonchev–Trinajstić information content (AvgIpc) is 3.24. The number of hydrogen-bond donors (Lipinski definition) is 1. The van der Waals surface area contributed by atoms with Gasteiger partial charge in [-0.2, -0.15) is 0 Å². The lowest BCUT2D eigenvalue weighted by Crippen LogP contribution is -2.32. The first-order chi connectivity index (χ1) is 11.7. The molecule has 24 heavy (non-hydrogen) atoms. The molecule has 0 radical (unpaired) electrons. The van der Waals surface area contributed by atoms with Crippen LogP contribution in [-0.2, 0) is 11.3 Å². The molecule has 0 saturated carbocycles. The molecule has 128 valence electrons. The average molecular weight is 330 g/mol. The minimum atomic E-state index is -0.294. The second-order valence-electron chi connectivity index (χ2n) is 5.94. The Hall–Kier alpha value is -2.41. The molecular formula is C17H22N4O3. The van der Waals surface area contributed by atoms with Crippen molar-refractivity contribution in [2.24, 2.45) is 0 Å². The third-order valence-corrected chi connectivity index (χ3v) is 4.07. The third kappa shape index (κ3) is 3.73. The van der Waals surface area contributed by atoms with Gasteiger partial charge >= 0.3 is 0 Å². The Bertz CT molecular complexity index is 690. The Labute approximate surface area is 141 Å². The topological polar surface area (TPSA) is 78.3 Å². The molecule has 0 spiro atoms. The Balaban J connectivity index is 1.68. The Morgan fingerprint density at radius 1 is 1.42 bits per heavy atom. The molecule has 1 amide bonds. The summed E-state index contributed by atoms with van der Waals surface area (Å²) in [6, 6.07) is 8.11. The maximum absolute atomic E-state index is 12.3. The fraction of sp³-hybridized carbons (Fsp3) is 0.471. The number of ether oxygens (including phenoxy) is 2. The summed E-state index contributed by atoms with van der Waals surface area (Å²) in [5, 5.41) is 10.9. The van der Waals surface area contributed by atoms with Gasteiger partial charge in [0.1, 0.15) is 0 Å². The smallest absolute Gasteiger partial charge is 0.277 e. The van der Waals surface area contributed by atoms with Crippen LogP contribution in [0.15, 0.2) is 24.3 Å². The molecule has 1 aromatic heterocycles. The molecule has 0 bridgehead atoms. The van der Waals surface area contributed by atoms with E-state index in [1.807, 2.05) is 31.2 Å². The number of methoxy groups -OCH3 is 1. The molecule has 7 nitrogen and oxygen atoms in total. The molecule has 1 aliphatic rings. The molecule has 1 fully saturated rings. The number of amides is 1. The number of nitrogens with one attached hydrogen (secondary N) is 1. The van der Waals surface area contributed by atoms with Crippen LogP contribution in [-0.4, -0.2) is 47.3 Å². The highest BCUT2D eigenvalue weighted by molar-refractivity contribution is 5.94. The van der Waals surface area contributed by atoms with E-state index in [-0.39, 0.29) is 17.7 Å². The van der Waals surface area contributed by atoms with Gasteiger partial charge in [0, 0.05) is 13.2 Å². The standard InChI is InChI=1S/C17H22N4O3/c1-12-5-7-13(8-6-12)11-21-17(23-2)15(19-20-21)16(22)18-10-14-4-3-9-24-14/h5-8,14H,3-4,9-11H2,1-2H3,(H,18,22)/t14-/m0/s1. The fourth-order valence-electron chi connectivity index (χ4n) is 2.71. The second kappa shape index (κ2) is 7.44. The van der Waals surface area contributed by atoms with Crippen LogP contribution in [0, 0.1) is 6.92 Å². The lowest BCUT2D eigenvalue weighted by molar-refractivity contribution is 0.0851. The number of aromatic nitrogens is 3. The van der Waals surface area contributed by atoms with Gasteiger partial charge in [-0.3, -0.25) is 4.79 Å². The molecule has 1 aliphatic heterocycles. The summed E-state index contributed by atoms with van der Waals surface area (Å²) < 4.78 is 12.4. The summed E-state index contributed by atoms with van der Waals surface area (Å²) in [4.78, 5) is 12.3. The van der Waals surface area contributed by atoms with Crippen molar-refractivity contribution in [3.05, 3.63) is 41.1 Å². The second-order valence-corrected chi connectivity index (χ2v) is 5.94. The van der Waals surface area contributed by atoms with Crippen molar-refractivity contribution in [1.82, 2.24) is 20.3 Å². The normalized spacial score (nSPS) is 17.0. The molecule has 1 aromatic carbocycles. The van der Waals surface area contributed by atoms with Gasteiger partial charge in [-0.15, -0.1) is 5.10 Å². The fourth-order valence-corrected chi connectivity index (χ4v) is 2.71. The highest BCUT2D eigenvalue weighted by Gasteiger charge is 2.23. The highest BCUT2D eigenvalue weighted by atomic mass is 16.5. The van der Waals surface area contributed by atoms with Crippen LogP contribution in [0.2, 0.25) is 0 Å². The summed E-state index contributed by atoms with van der Waals surface area (Å²) in [5.41, 5.74) is 2.45. The van der Waals surface area contributed by atoms with Gasteiger partial charge < -0.3 is 14.8 Å². The molecule has 0 aliphatic carbocycles. The number of hydrogen-bond acceptors (Lipinski definition) is 5. The summed E-state index contributed by atoms with van der Waals surface area (Å²) in [7, 11) is 1.52. The minimum Gasteiger partial charge on any atom is -0.479 e. The number of nitrogens with zero attached hydrogens (tertiary/aromatic N) is 3. The van der Waals surface area contributed by atoms with Crippen molar-refractivity contribution in [2.75, 3.05) is 20.3 Å². The van der Waals surface area contributed by atoms with Crippen molar-refractivity contribution in [1.29, 1.82) is 0 Å². The zero-order valence-electron chi connectivity index (χ0n) is 14.0. The van der Waals surface area contributed by atoms with E-state index in [9.17, 15) is 4.79 Å². The van der Waals surface area contributed by atoms with Crippen LogP contribution in [0.5, 0.6) is 5.88 Å². The lowest BCUT2D eigenvalue weighted by atomic mass is 10.1. The Morgan fingerprint density at radius 2 is 2.21 bits per heavy atom. The summed E-state index contributed by atoms with van der Waals surface area (Å²) in [6.07, 6.45) is 2.09. The Morgan fingerprint density at radius 3 is 2.88 bits per heavy atom. The van der Waals surface area contributed by atoms with Gasteiger partial charge in [-0.1, -0.05) is 35.0 Å². The van der Waals surface area contributed by atoms with Crippen LogP contribution < -0.4 is 10.1 Å². The predicted molar refractivity (Wildman–Crippen MR) is 88.2 cm³/mol. The quantitative estimate of drug-likeness (QED) is 0.869. The summed E-state index contributed by atoms with van der Waals surface area (Å²) >= 11 is 0. The van der Waals surface area contributed by atoms with E-state index in [2.05, 4.69) is 15.6 Å². The molecule has 7 heteroatoms. The van der Waals surface area contributed by atoms with Crippen LogP contribution in [0.3, 0.4) is 0 Å². The molecular weight excluding hydrogens is 308 g/mol. The molecule has 2 heterocycles. The maximum Gasteiger partial charge on any atom is 0.277 e. The van der Waals surface area contributed by atoms with E-state index in [4.69, 9.17) is 9.47 Å². The SMILES string of the molecule is COc1c(C(=O)NC[C@@H]2CCCO2)nnn1Cc1ccc(C)cc1. The zero-order valence-corrected chi connectivity index (χ0v) is 14.0. The van der Waals surface area contributed by atoms with Crippen LogP contribution >= 0.6 is 0 Å². The van der Waals surface area contributed by atoms with E-state index in [1.54, 1.807) is 4.68 Å². The molecule has 1 N–H and O–H groups in total. The summed E-state index contributed by atoms with van der Waals surface area (Å²) in [5.74, 6) is 0.0675. The van der Waals surface area contributed by atoms with Crippen LogP contribution in [0.25, 0.3) is 0 Å². The van der Waals surface area contributed by atoms with Crippen LogP contribution in [0.1, 0.15) is 34.5 Å². The van der Waals surface area contributed by atoms with Crippen molar-refractivity contribution < 1.29 is 14.3 Å². The first kappa shape index (κ1) is 16.4. The van der Waals surface area contributed by atoms with Gasteiger partial charge in [0.25, 0.3) is 5.91 Å². The molecule has 3 rings (SSSR count). The first-order valence-corrected chi connectivity index (χ1v) is 8.10. The molecule has 0 unspecified atom stereocenters. The number of carbonyl (C=O) groups is 1. The zero-order chi connectivity index (χ0) is 16.9. The van der Waals surface area contributed by atoms with E-state index < -0.39 is 0 Å². The van der Waals surface area contributed by atoms with E-state index in [1.165, 1.54) is 12.7 Å². The van der Waals surface area contributed by atoms with E-state index in [0.717, 1.165) is 25.0 Å². The minimum absolute atomic E-state index is 0.0857. The molecule has 2 aromatic rings. The van der Waals surface area contributed by atoms with E-state index >= 15 is 0 Å². The van der Waals surface area contributed by atoms with Gasteiger partial charge in [-0.25, -0.2) is 4.68 Å². The van der Waals surface area contributed by atoms with Gasteiger partial charge in [0.05, 0.1) is 19.8 Å². The number of carbonyl (C=O) groups excluding carboxylic acids is 1.